The molecule has 0 spiro atoms. The third-order valence-corrected chi connectivity index (χ3v) is 5.48. The molecule has 0 aromatic heterocycles. The van der Waals surface area contributed by atoms with Gasteiger partial charge in [0.1, 0.15) is 0 Å². The Morgan fingerprint density at radius 3 is 2.48 bits per heavy atom. The number of hydrogen-bond acceptors (Lipinski definition) is 3. The number of carbonyl (C=O) groups is 2. The highest BCUT2D eigenvalue weighted by Crippen LogP contribution is 2.35. The second-order valence-electron chi connectivity index (χ2n) is 8.03. The molecule has 2 amide bonds. The number of nitrogens with zero attached hydrogens (tertiary/aromatic N) is 2. The molecule has 0 radical (unpaired) electrons. The van der Waals surface area contributed by atoms with Crippen LogP contribution in [0.3, 0.4) is 0 Å². The number of benzene rings is 1. The van der Waals surface area contributed by atoms with E-state index in [1.165, 1.54) is 11.0 Å². The number of carbonyl (C=O) groups excluding carboxylic acids is 2. The average molecular weight is 383 g/mol. The zero-order chi connectivity index (χ0) is 20.0. The Bertz CT molecular complexity index is 761. The van der Waals surface area contributed by atoms with Crippen molar-refractivity contribution in [2.45, 2.75) is 45.3 Å². The first-order valence-electron chi connectivity index (χ1n) is 9.06. The maximum absolute atomic E-state index is 13.4. The largest absolute Gasteiger partial charge is 0.416 e. The van der Waals surface area contributed by atoms with Crippen LogP contribution in [0.2, 0.25) is 0 Å². The van der Waals surface area contributed by atoms with Crippen molar-refractivity contribution in [2.24, 2.45) is 11.1 Å². The quantitative estimate of drug-likeness (QED) is 0.854. The molecule has 1 aromatic rings. The van der Waals surface area contributed by atoms with Gasteiger partial charge < -0.3 is 15.5 Å². The minimum Gasteiger partial charge on any atom is -0.338 e. The Kier molecular flexibility index (Phi) is 4.96. The van der Waals surface area contributed by atoms with E-state index in [0.717, 1.165) is 12.1 Å². The van der Waals surface area contributed by atoms with Crippen molar-refractivity contribution >= 4 is 17.5 Å². The van der Waals surface area contributed by atoms with Crippen molar-refractivity contribution < 1.29 is 22.8 Å². The maximum atomic E-state index is 13.4. The average Bonchev–Trinajstić information content (AvgIpc) is 3.01. The number of piperidine rings is 1. The Morgan fingerprint density at radius 2 is 1.93 bits per heavy atom. The van der Waals surface area contributed by atoms with Gasteiger partial charge in [-0.05, 0) is 36.5 Å². The highest BCUT2D eigenvalue weighted by Gasteiger charge is 2.37. The SMILES string of the molecule is CC1(C)CN(C(=O)c2cc(N3CCCC3=O)cc(C(F)(F)F)c2)CCC1N. The second kappa shape index (κ2) is 6.82. The van der Waals surface area contributed by atoms with Gasteiger partial charge in [0.2, 0.25) is 5.91 Å². The van der Waals surface area contributed by atoms with Crippen molar-refractivity contribution in [1.82, 2.24) is 4.90 Å². The maximum Gasteiger partial charge on any atom is 0.416 e. The van der Waals surface area contributed by atoms with Gasteiger partial charge in [-0.2, -0.15) is 13.2 Å². The summed E-state index contributed by atoms with van der Waals surface area (Å²) in [5, 5.41) is 0. The van der Waals surface area contributed by atoms with Gasteiger partial charge >= 0.3 is 6.18 Å². The van der Waals surface area contributed by atoms with Crippen LogP contribution in [0.4, 0.5) is 18.9 Å². The fourth-order valence-electron chi connectivity index (χ4n) is 3.71. The summed E-state index contributed by atoms with van der Waals surface area (Å²) in [5.41, 5.74) is 4.93. The van der Waals surface area contributed by atoms with Crippen LogP contribution < -0.4 is 10.6 Å². The molecular formula is C19H24F3N3O2. The number of hydrogen-bond donors (Lipinski definition) is 1. The van der Waals surface area contributed by atoms with Crippen LogP contribution in [0, 0.1) is 5.41 Å². The van der Waals surface area contributed by atoms with Gasteiger partial charge in [-0.1, -0.05) is 13.8 Å². The first-order valence-corrected chi connectivity index (χ1v) is 9.06. The van der Waals surface area contributed by atoms with Gasteiger partial charge in [0.25, 0.3) is 5.91 Å². The van der Waals surface area contributed by atoms with E-state index in [1.807, 2.05) is 13.8 Å². The summed E-state index contributed by atoms with van der Waals surface area (Å²) in [6, 6.07) is 3.13. The standard InChI is InChI=1S/C19H24F3N3O2/c1-18(2)11-24(7-5-15(18)23)17(27)12-8-13(19(20,21)22)10-14(9-12)25-6-3-4-16(25)26/h8-10,15H,3-7,11,23H2,1-2H3. The van der Waals surface area contributed by atoms with Crippen LogP contribution in [0.15, 0.2) is 18.2 Å². The van der Waals surface area contributed by atoms with Gasteiger partial charge in [-0.3, -0.25) is 9.59 Å². The topological polar surface area (TPSA) is 66.6 Å². The minimum atomic E-state index is -4.60. The zero-order valence-electron chi connectivity index (χ0n) is 15.5. The molecule has 1 aromatic carbocycles. The molecule has 2 aliphatic rings. The van der Waals surface area contributed by atoms with Crippen LogP contribution in [0.1, 0.15) is 49.0 Å². The Labute approximate surface area is 156 Å². The number of nitrogens with two attached hydrogens (primary N) is 1. The fraction of sp³-hybridized carbons (Fsp3) is 0.579. The molecule has 3 rings (SSSR count). The molecule has 27 heavy (non-hydrogen) atoms. The number of amides is 2. The monoisotopic (exact) mass is 383 g/mol. The first kappa shape index (κ1) is 19.7. The zero-order valence-corrected chi connectivity index (χ0v) is 15.5. The van der Waals surface area contributed by atoms with Crippen LogP contribution in [-0.4, -0.2) is 42.4 Å². The molecule has 1 unspecified atom stereocenters. The van der Waals surface area contributed by atoms with Crippen molar-refractivity contribution in [1.29, 1.82) is 0 Å². The molecule has 5 nitrogen and oxygen atoms in total. The van der Waals surface area contributed by atoms with Crippen molar-refractivity contribution in [2.75, 3.05) is 24.5 Å². The smallest absolute Gasteiger partial charge is 0.338 e. The van der Waals surface area contributed by atoms with E-state index < -0.39 is 17.6 Å². The molecule has 148 valence electrons. The normalized spacial score (nSPS) is 23.0. The molecule has 0 aliphatic carbocycles. The van der Waals surface area contributed by atoms with Crippen LogP contribution in [0.25, 0.3) is 0 Å². The van der Waals surface area contributed by atoms with Gasteiger partial charge in [-0.25, -0.2) is 0 Å². The highest BCUT2D eigenvalue weighted by molar-refractivity contribution is 5.99. The predicted octanol–water partition coefficient (Wildman–Crippen LogP) is 3.03. The molecule has 2 N–H and O–H groups in total. The lowest BCUT2D eigenvalue weighted by atomic mass is 9.79. The first-order chi connectivity index (χ1) is 12.5. The third-order valence-electron chi connectivity index (χ3n) is 5.48. The Hall–Kier alpha value is -2.09. The molecule has 2 aliphatic heterocycles. The fourth-order valence-corrected chi connectivity index (χ4v) is 3.71. The number of anilines is 1. The van der Waals surface area contributed by atoms with E-state index in [2.05, 4.69) is 0 Å². The lowest BCUT2D eigenvalue weighted by Crippen LogP contribution is -2.54. The lowest BCUT2D eigenvalue weighted by Gasteiger charge is -2.42. The third kappa shape index (κ3) is 3.95. The molecule has 0 bridgehead atoms. The molecule has 1 atom stereocenters. The summed E-state index contributed by atoms with van der Waals surface area (Å²) in [6.45, 7) is 5.02. The summed E-state index contributed by atoms with van der Waals surface area (Å²) in [6.07, 6.45) is -3.11. The van der Waals surface area contributed by atoms with Gasteiger partial charge in [0.05, 0.1) is 5.56 Å². The molecule has 2 heterocycles. The summed E-state index contributed by atoms with van der Waals surface area (Å²) in [5.74, 6) is -0.688. The number of halogens is 3. The second-order valence-corrected chi connectivity index (χ2v) is 8.03. The summed E-state index contributed by atoms with van der Waals surface area (Å²) in [7, 11) is 0. The van der Waals surface area contributed by atoms with Gasteiger partial charge in [-0.15, -0.1) is 0 Å². The van der Waals surface area contributed by atoms with E-state index in [0.29, 0.717) is 38.9 Å². The Morgan fingerprint density at radius 1 is 1.22 bits per heavy atom. The van der Waals surface area contributed by atoms with E-state index >= 15 is 0 Å². The number of alkyl halides is 3. The van der Waals surface area contributed by atoms with E-state index in [-0.39, 0.29) is 28.6 Å². The predicted molar refractivity (Wildman–Crippen MR) is 95.3 cm³/mol. The van der Waals surface area contributed by atoms with Crippen LogP contribution >= 0.6 is 0 Å². The number of rotatable bonds is 2. The minimum absolute atomic E-state index is 0.0502. The van der Waals surface area contributed by atoms with Gasteiger partial charge in [0, 0.05) is 43.3 Å². The summed E-state index contributed by atoms with van der Waals surface area (Å²) in [4.78, 5) is 27.8. The van der Waals surface area contributed by atoms with Crippen molar-refractivity contribution in [3.63, 3.8) is 0 Å². The molecule has 2 saturated heterocycles. The summed E-state index contributed by atoms with van der Waals surface area (Å²) < 4.78 is 40.1. The van der Waals surface area contributed by atoms with E-state index in [1.54, 1.807) is 4.90 Å². The van der Waals surface area contributed by atoms with Crippen LogP contribution in [0.5, 0.6) is 0 Å². The van der Waals surface area contributed by atoms with Gasteiger partial charge in [0.15, 0.2) is 0 Å². The number of likely N-dealkylation sites (tertiary alicyclic amines) is 1. The van der Waals surface area contributed by atoms with Crippen molar-refractivity contribution in [3.05, 3.63) is 29.3 Å². The molecule has 8 heteroatoms. The van der Waals surface area contributed by atoms with Crippen LogP contribution in [-0.2, 0) is 11.0 Å². The molecule has 0 saturated carbocycles. The lowest BCUT2D eigenvalue weighted by molar-refractivity contribution is -0.137. The Balaban J connectivity index is 1.96. The van der Waals surface area contributed by atoms with E-state index in [9.17, 15) is 22.8 Å². The molecule has 2 fully saturated rings. The van der Waals surface area contributed by atoms with Crippen molar-refractivity contribution in [3.8, 4) is 0 Å². The molecular weight excluding hydrogens is 359 g/mol. The summed E-state index contributed by atoms with van der Waals surface area (Å²) >= 11 is 0. The van der Waals surface area contributed by atoms with E-state index in [4.69, 9.17) is 5.73 Å². The highest BCUT2D eigenvalue weighted by atomic mass is 19.4.